The van der Waals surface area contributed by atoms with Crippen molar-refractivity contribution in [3.63, 3.8) is 0 Å². The molecule has 19 heavy (non-hydrogen) atoms. The number of hydrogen-bond donors (Lipinski definition) is 0. The molecule has 0 bridgehead atoms. The maximum absolute atomic E-state index is 10.7. The zero-order chi connectivity index (χ0) is 13.8. The van der Waals surface area contributed by atoms with Gasteiger partial charge in [0.05, 0.1) is 11.1 Å². The van der Waals surface area contributed by atoms with Crippen molar-refractivity contribution < 1.29 is 4.92 Å². The van der Waals surface area contributed by atoms with Gasteiger partial charge in [-0.15, -0.1) is 10.2 Å². The summed E-state index contributed by atoms with van der Waals surface area (Å²) in [5.41, 5.74) is 0.684. The Morgan fingerprint density at radius 2 is 2.26 bits per heavy atom. The van der Waals surface area contributed by atoms with Gasteiger partial charge in [0.15, 0.2) is 5.82 Å². The topological polar surface area (TPSA) is 86.2 Å². The van der Waals surface area contributed by atoms with Crippen LogP contribution in [0.25, 0.3) is 0 Å². The molecule has 1 aromatic carbocycles. The Morgan fingerprint density at radius 1 is 1.47 bits per heavy atom. The zero-order valence-electron chi connectivity index (χ0n) is 10.3. The third kappa shape index (κ3) is 2.97. The summed E-state index contributed by atoms with van der Waals surface area (Å²) in [6.45, 7) is 1.79. The summed E-state index contributed by atoms with van der Waals surface area (Å²) in [4.78, 5) is 10.2. The number of hydrogen-bond acceptors (Lipinski definition) is 6. The summed E-state index contributed by atoms with van der Waals surface area (Å²) >= 11 is 1.43. The lowest BCUT2D eigenvalue weighted by Crippen LogP contribution is -1.96. The molecule has 0 aliphatic carbocycles. The highest BCUT2D eigenvalue weighted by molar-refractivity contribution is 7.98. The number of nitro benzene ring substituents is 1. The molecule has 0 radical (unpaired) electrons. The molecule has 0 saturated heterocycles. The fraction of sp³-hybridized carbons (Fsp3) is 0.182. The maximum Gasteiger partial charge on any atom is 0.270 e. The molecule has 0 atom stereocenters. The lowest BCUT2D eigenvalue weighted by Gasteiger charge is -1.98. The highest BCUT2D eigenvalue weighted by Gasteiger charge is 2.07. The van der Waals surface area contributed by atoms with Gasteiger partial charge in [-0.2, -0.15) is 9.78 Å². The van der Waals surface area contributed by atoms with E-state index in [9.17, 15) is 10.1 Å². The number of nitro groups is 1. The van der Waals surface area contributed by atoms with Crippen molar-refractivity contribution in [1.82, 2.24) is 14.9 Å². The summed E-state index contributed by atoms with van der Waals surface area (Å²) < 4.78 is 1.59. The van der Waals surface area contributed by atoms with Crippen molar-refractivity contribution in [2.24, 2.45) is 5.10 Å². The smallest absolute Gasteiger partial charge is 0.258 e. The van der Waals surface area contributed by atoms with Gasteiger partial charge in [-0.3, -0.25) is 10.1 Å². The van der Waals surface area contributed by atoms with Crippen LogP contribution in [0.4, 0.5) is 5.69 Å². The van der Waals surface area contributed by atoms with E-state index in [2.05, 4.69) is 15.3 Å². The first-order chi connectivity index (χ1) is 9.11. The van der Waals surface area contributed by atoms with E-state index in [-0.39, 0.29) is 5.69 Å². The Balaban J connectivity index is 2.30. The molecule has 0 N–H and O–H groups in total. The van der Waals surface area contributed by atoms with Crippen LogP contribution in [0.5, 0.6) is 0 Å². The van der Waals surface area contributed by atoms with Gasteiger partial charge in [-0.05, 0) is 13.2 Å². The average Bonchev–Trinajstić information content (AvgIpc) is 2.77. The number of aryl methyl sites for hydroxylation is 1. The Bertz CT molecular complexity index is 638. The van der Waals surface area contributed by atoms with E-state index in [1.165, 1.54) is 23.9 Å². The van der Waals surface area contributed by atoms with Crippen LogP contribution >= 0.6 is 11.8 Å². The zero-order valence-corrected chi connectivity index (χ0v) is 11.2. The van der Waals surface area contributed by atoms with Gasteiger partial charge in [-0.25, -0.2) is 0 Å². The highest BCUT2D eigenvalue weighted by Crippen LogP contribution is 2.14. The summed E-state index contributed by atoms with van der Waals surface area (Å²) in [6.07, 6.45) is 3.42. The van der Waals surface area contributed by atoms with Crippen molar-refractivity contribution in [2.75, 3.05) is 6.26 Å². The molecule has 98 valence electrons. The highest BCUT2D eigenvalue weighted by atomic mass is 32.2. The van der Waals surface area contributed by atoms with E-state index in [0.29, 0.717) is 16.5 Å². The van der Waals surface area contributed by atoms with Crippen LogP contribution < -0.4 is 0 Å². The lowest BCUT2D eigenvalue weighted by molar-refractivity contribution is -0.384. The summed E-state index contributed by atoms with van der Waals surface area (Å²) in [7, 11) is 0. The molecule has 1 heterocycles. The predicted molar refractivity (Wildman–Crippen MR) is 72.6 cm³/mol. The molecule has 0 aliphatic rings. The van der Waals surface area contributed by atoms with Crippen LogP contribution in [0, 0.1) is 17.0 Å². The second kappa shape index (κ2) is 5.61. The Labute approximate surface area is 113 Å². The van der Waals surface area contributed by atoms with E-state index in [1.54, 1.807) is 29.9 Å². The van der Waals surface area contributed by atoms with Gasteiger partial charge in [0.1, 0.15) is 0 Å². The third-order valence-corrected chi connectivity index (χ3v) is 2.97. The van der Waals surface area contributed by atoms with Crippen LogP contribution in [0.1, 0.15) is 11.4 Å². The van der Waals surface area contributed by atoms with Crippen molar-refractivity contribution in [1.29, 1.82) is 0 Å². The molecular formula is C11H11N5O2S. The largest absolute Gasteiger partial charge is 0.270 e. The number of aromatic nitrogens is 3. The van der Waals surface area contributed by atoms with Crippen LogP contribution in [0.3, 0.4) is 0 Å². The second-order valence-corrected chi connectivity index (χ2v) is 4.42. The molecule has 1 aromatic heterocycles. The minimum absolute atomic E-state index is 0.0366. The summed E-state index contributed by atoms with van der Waals surface area (Å²) in [6, 6.07) is 6.26. The number of benzene rings is 1. The minimum Gasteiger partial charge on any atom is -0.258 e. The van der Waals surface area contributed by atoms with Crippen LogP contribution in [0.15, 0.2) is 34.5 Å². The Hall–Kier alpha value is -2.22. The SMILES string of the molecule is CSc1nnc(C)n1/N=C\c1cccc([N+](=O)[O-])c1. The number of non-ortho nitro benzene ring substituents is 1. The maximum atomic E-state index is 10.7. The van der Waals surface area contributed by atoms with Crippen molar-refractivity contribution in [2.45, 2.75) is 12.1 Å². The standard InChI is InChI=1S/C11H11N5O2S/c1-8-13-14-11(19-2)15(8)12-7-9-4-3-5-10(6-9)16(17)18/h3-7H,1-2H3/b12-7-. The minimum atomic E-state index is -0.436. The van der Waals surface area contributed by atoms with Crippen LogP contribution in [-0.2, 0) is 0 Å². The molecule has 0 spiro atoms. The van der Waals surface area contributed by atoms with E-state index in [1.807, 2.05) is 6.26 Å². The average molecular weight is 277 g/mol. The van der Waals surface area contributed by atoms with Crippen LogP contribution in [0.2, 0.25) is 0 Å². The predicted octanol–water partition coefficient (Wildman–Crippen LogP) is 2.10. The van der Waals surface area contributed by atoms with Gasteiger partial charge >= 0.3 is 0 Å². The van der Waals surface area contributed by atoms with Gasteiger partial charge in [0, 0.05) is 17.7 Å². The van der Waals surface area contributed by atoms with E-state index >= 15 is 0 Å². The van der Waals surface area contributed by atoms with Crippen LogP contribution in [-0.4, -0.2) is 32.3 Å². The molecule has 8 heteroatoms. The number of nitrogens with zero attached hydrogens (tertiary/aromatic N) is 5. The van der Waals surface area contributed by atoms with E-state index in [4.69, 9.17) is 0 Å². The van der Waals surface area contributed by atoms with Crippen molar-refractivity contribution >= 4 is 23.7 Å². The molecule has 2 rings (SSSR count). The molecule has 0 unspecified atom stereocenters. The second-order valence-electron chi connectivity index (χ2n) is 3.64. The Kier molecular flexibility index (Phi) is 3.91. The fourth-order valence-electron chi connectivity index (χ4n) is 1.44. The molecular weight excluding hydrogens is 266 g/mol. The normalized spacial score (nSPS) is 11.1. The number of rotatable bonds is 4. The van der Waals surface area contributed by atoms with E-state index in [0.717, 1.165) is 0 Å². The first-order valence-corrected chi connectivity index (χ1v) is 6.59. The van der Waals surface area contributed by atoms with Gasteiger partial charge in [0.25, 0.3) is 5.69 Å². The van der Waals surface area contributed by atoms with Gasteiger partial charge < -0.3 is 0 Å². The quantitative estimate of drug-likeness (QED) is 0.369. The molecule has 0 amide bonds. The monoisotopic (exact) mass is 277 g/mol. The lowest BCUT2D eigenvalue weighted by atomic mass is 10.2. The fourth-order valence-corrected chi connectivity index (χ4v) is 1.92. The van der Waals surface area contributed by atoms with Gasteiger partial charge in [0.2, 0.25) is 5.16 Å². The van der Waals surface area contributed by atoms with Crippen molar-refractivity contribution in [3.8, 4) is 0 Å². The number of thioether (sulfide) groups is 1. The molecule has 2 aromatic rings. The first kappa shape index (κ1) is 13.2. The van der Waals surface area contributed by atoms with Gasteiger partial charge in [-0.1, -0.05) is 23.9 Å². The van der Waals surface area contributed by atoms with E-state index < -0.39 is 4.92 Å². The first-order valence-electron chi connectivity index (χ1n) is 5.36. The molecule has 0 fully saturated rings. The molecule has 7 nitrogen and oxygen atoms in total. The molecule has 0 saturated carbocycles. The summed E-state index contributed by atoms with van der Waals surface area (Å²) in [5.74, 6) is 0.658. The van der Waals surface area contributed by atoms with Crippen molar-refractivity contribution in [3.05, 3.63) is 45.8 Å². The Morgan fingerprint density at radius 3 is 2.95 bits per heavy atom. The summed E-state index contributed by atoms with van der Waals surface area (Å²) in [5, 5.41) is 23.4. The third-order valence-electron chi connectivity index (χ3n) is 2.35. The molecule has 0 aliphatic heterocycles.